The van der Waals surface area contributed by atoms with Crippen molar-refractivity contribution in [2.75, 3.05) is 6.61 Å². The maximum atomic E-state index is 10.9. The summed E-state index contributed by atoms with van der Waals surface area (Å²) < 4.78 is 0. The fraction of sp³-hybridized carbons (Fsp3) is 0.500. The summed E-state index contributed by atoms with van der Waals surface area (Å²) in [5.41, 5.74) is 1.22. The molecule has 1 heterocycles. The summed E-state index contributed by atoms with van der Waals surface area (Å²) in [7, 11) is 0. The highest BCUT2D eigenvalue weighted by Gasteiger charge is 2.27. The molecule has 0 fully saturated rings. The van der Waals surface area contributed by atoms with Gasteiger partial charge in [-0.3, -0.25) is 10.0 Å². The van der Waals surface area contributed by atoms with E-state index in [4.69, 9.17) is 15.4 Å². The van der Waals surface area contributed by atoms with E-state index in [1.807, 2.05) is 0 Å². The molecule has 0 radical (unpaired) electrons. The van der Waals surface area contributed by atoms with E-state index < -0.39 is 30.8 Å². The molecule has 0 bridgehead atoms. The van der Waals surface area contributed by atoms with Crippen molar-refractivity contribution in [3.8, 4) is 0 Å². The van der Waals surface area contributed by atoms with Crippen LogP contribution in [-0.2, 0) is 0 Å². The zero-order valence-corrected chi connectivity index (χ0v) is 8.61. The van der Waals surface area contributed by atoms with Crippen molar-refractivity contribution in [1.82, 2.24) is 15.4 Å². The summed E-state index contributed by atoms with van der Waals surface area (Å²) in [6, 6.07) is 0. The predicted molar refractivity (Wildman–Crippen MR) is 51.9 cm³/mol. The van der Waals surface area contributed by atoms with Crippen molar-refractivity contribution in [1.29, 1.82) is 0 Å². The van der Waals surface area contributed by atoms with Gasteiger partial charge in [0.25, 0.3) is 0 Å². The van der Waals surface area contributed by atoms with E-state index >= 15 is 0 Å². The van der Waals surface area contributed by atoms with Gasteiger partial charge in [-0.1, -0.05) is 0 Å². The molecular formula is C8H13N3O6. The molecule has 0 aliphatic rings. The van der Waals surface area contributed by atoms with Crippen LogP contribution in [0.4, 0.5) is 0 Å². The number of aliphatic hydroxyl groups is 4. The van der Waals surface area contributed by atoms with Gasteiger partial charge in [-0.05, 0) is 0 Å². The van der Waals surface area contributed by atoms with Crippen molar-refractivity contribution in [3.63, 3.8) is 0 Å². The minimum atomic E-state index is -1.65. The molecule has 1 rings (SSSR count). The predicted octanol–water partition coefficient (Wildman–Crippen LogP) is -2.72. The molecule has 0 saturated heterocycles. The summed E-state index contributed by atoms with van der Waals surface area (Å²) in [6.07, 6.45) is -3.62. The van der Waals surface area contributed by atoms with Crippen LogP contribution in [0.5, 0.6) is 0 Å². The molecule has 0 aliphatic heterocycles. The SMILES string of the molecule is O=C(NO)c1nc([C@@H](O)[C@H](O)[C@H](O)CO)c[nH]1. The number of amides is 1. The summed E-state index contributed by atoms with van der Waals surface area (Å²) in [4.78, 5) is 16.9. The Morgan fingerprint density at radius 2 is 2.12 bits per heavy atom. The Morgan fingerprint density at radius 3 is 2.65 bits per heavy atom. The van der Waals surface area contributed by atoms with Crippen molar-refractivity contribution in [2.24, 2.45) is 0 Å². The van der Waals surface area contributed by atoms with E-state index in [1.165, 1.54) is 5.48 Å². The fourth-order valence-corrected chi connectivity index (χ4v) is 1.15. The summed E-state index contributed by atoms with van der Waals surface area (Å²) in [5, 5.41) is 45.0. The summed E-state index contributed by atoms with van der Waals surface area (Å²) >= 11 is 0. The molecule has 1 aromatic heterocycles. The van der Waals surface area contributed by atoms with Gasteiger partial charge in [0.2, 0.25) is 0 Å². The minimum absolute atomic E-state index is 0.108. The van der Waals surface area contributed by atoms with Gasteiger partial charge in [0.1, 0.15) is 18.3 Å². The molecule has 1 amide bonds. The third kappa shape index (κ3) is 2.99. The number of imidazole rings is 1. The lowest BCUT2D eigenvalue weighted by Crippen LogP contribution is -2.35. The molecule has 0 unspecified atom stereocenters. The van der Waals surface area contributed by atoms with Crippen LogP contribution in [0.15, 0.2) is 6.20 Å². The molecule has 0 saturated carbocycles. The number of aromatic amines is 1. The quantitative estimate of drug-likeness (QED) is 0.220. The topological polar surface area (TPSA) is 159 Å². The van der Waals surface area contributed by atoms with Crippen molar-refractivity contribution in [2.45, 2.75) is 18.3 Å². The molecule has 0 aliphatic carbocycles. The lowest BCUT2D eigenvalue weighted by atomic mass is 10.1. The first-order valence-electron chi connectivity index (χ1n) is 4.66. The van der Waals surface area contributed by atoms with E-state index in [-0.39, 0.29) is 11.5 Å². The summed E-state index contributed by atoms with van der Waals surface area (Å²) in [5.74, 6) is -1.19. The van der Waals surface area contributed by atoms with Crippen LogP contribution >= 0.6 is 0 Å². The lowest BCUT2D eigenvalue weighted by Gasteiger charge is -2.19. The average Bonchev–Trinajstić information content (AvgIpc) is 2.84. The molecule has 96 valence electrons. The molecule has 0 aromatic carbocycles. The molecule has 0 spiro atoms. The van der Waals surface area contributed by atoms with Gasteiger partial charge in [-0.15, -0.1) is 0 Å². The van der Waals surface area contributed by atoms with Crippen LogP contribution in [-0.4, -0.2) is 60.3 Å². The van der Waals surface area contributed by atoms with Gasteiger partial charge in [-0.2, -0.15) is 0 Å². The molecular weight excluding hydrogens is 234 g/mol. The van der Waals surface area contributed by atoms with E-state index in [1.54, 1.807) is 0 Å². The van der Waals surface area contributed by atoms with Gasteiger partial charge >= 0.3 is 5.91 Å². The second-order valence-corrected chi connectivity index (χ2v) is 3.30. The first-order chi connectivity index (χ1) is 8.01. The number of hydrogen-bond acceptors (Lipinski definition) is 7. The number of carbonyl (C=O) groups excluding carboxylic acids is 1. The number of aliphatic hydroxyl groups excluding tert-OH is 4. The monoisotopic (exact) mass is 247 g/mol. The fourth-order valence-electron chi connectivity index (χ4n) is 1.15. The standard InChI is InChI=1S/C8H13N3O6/c12-2-4(13)6(15)5(14)3-1-9-7(10-3)8(16)11-17/h1,4-6,12-15,17H,2H2,(H,9,10)(H,11,16)/t4-,5-,6-/m1/s1. The first-order valence-corrected chi connectivity index (χ1v) is 4.66. The molecule has 9 heteroatoms. The second-order valence-electron chi connectivity index (χ2n) is 3.30. The van der Waals surface area contributed by atoms with Crippen molar-refractivity contribution in [3.05, 3.63) is 17.7 Å². The number of nitrogens with one attached hydrogen (secondary N) is 2. The third-order valence-electron chi connectivity index (χ3n) is 2.12. The maximum Gasteiger partial charge on any atom is 0.310 e. The van der Waals surface area contributed by atoms with Crippen LogP contribution in [0, 0.1) is 0 Å². The largest absolute Gasteiger partial charge is 0.394 e. The highest BCUT2D eigenvalue weighted by Crippen LogP contribution is 2.17. The van der Waals surface area contributed by atoms with Gasteiger partial charge in [0.05, 0.1) is 12.3 Å². The van der Waals surface area contributed by atoms with Crippen LogP contribution in [0.1, 0.15) is 22.4 Å². The van der Waals surface area contributed by atoms with E-state index in [0.717, 1.165) is 6.20 Å². The zero-order valence-electron chi connectivity index (χ0n) is 8.61. The van der Waals surface area contributed by atoms with Gasteiger partial charge in [0, 0.05) is 6.20 Å². The van der Waals surface area contributed by atoms with Crippen molar-refractivity contribution < 1.29 is 30.4 Å². The van der Waals surface area contributed by atoms with E-state index in [9.17, 15) is 15.0 Å². The van der Waals surface area contributed by atoms with Crippen LogP contribution in [0.2, 0.25) is 0 Å². The second kappa shape index (κ2) is 5.70. The number of hydrogen-bond donors (Lipinski definition) is 7. The van der Waals surface area contributed by atoms with Gasteiger partial charge in [0.15, 0.2) is 5.82 Å². The molecule has 17 heavy (non-hydrogen) atoms. The maximum absolute atomic E-state index is 10.9. The Labute approximate surface area is 95.3 Å². The minimum Gasteiger partial charge on any atom is -0.394 e. The van der Waals surface area contributed by atoms with Gasteiger partial charge < -0.3 is 25.4 Å². The summed E-state index contributed by atoms with van der Waals surface area (Å²) in [6.45, 7) is -0.730. The normalized spacial score (nSPS) is 16.3. The van der Waals surface area contributed by atoms with E-state index in [2.05, 4.69) is 9.97 Å². The Morgan fingerprint density at radius 1 is 1.47 bits per heavy atom. The number of aromatic nitrogens is 2. The molecule has 7 N–H and O–H groups in total. The number of hydroxylamine groups is 1. The number of rotatable bonds is 5. The molecule has 1 aromatic rings. The molecule has 9 nitrogen and oxygen atoms in total. The Balaban J connectivity index is 2.79. The Hall–Kier alpha value is -1.52. The Kier molecular flexibility index (Phi) is 4.54. The number of H-pyrrole nitrogens is 1. The zero-order chi connectivity index (χ0) is 13.0. The number of nitrogens with zero attached hydrogens (tertiary/aromatic N) is 1. The third-order valence-corrected chi connectivity index (χ3v) is 2.12. The molecule has 3 atom stereocenters. The van der Waals surface area contributed by atoms with Crippen molar-refractivity contribution >= 4 is 5.91 Å². The van der Waals surface area contributed by atoms with Crippen LogP contribution in [0.25, 0.3) is 0 Å². The Bertz CT molecular complexity index is 381. The highest BCUT2D eigenvalue weighted by molar-refractivity contribution is 5.89. The highest BCUT2D eigenvalue weighted by atomic mass is 16.5. The smallest absolute Gasteiger partial charge is 0.310 e. The lowest BCUT2D eigenvalue weighted by molar-refractivity contribution is -0.0788. The number of carbonyl (C=O) groups is 1. The first kappa shape index (κ1) is 13.5. The van der Waals surface area contributed by atoms with Crippen LogP contribution in [0.3, 0.4) is 0 Å². The van der Waals surface area contributed by atoms with Crippen LogP contribution < -0.4 is 5.48 Å². The van der Waals surface area contributed by atoms with Gasteiger partial charge in [-0.25, -0.2) is 10.5 Å². The average molecular weight is 247 g/mol. The van der Waals surface area contributed by atoms with E-state index in [0.29, 0.717) is 0 Å².